The van der Waals surface area contributed by atoms with Gasteiger partial charge in [-0.1, -0.05) is 0 Å². The number of carbonyl (C=O) groups excluding carboxylic acids is 2. The van der Waals surface area contributed by atoms with E-state index >= 15 is 0 Å². The van der Waals surface area contributed by atoms with Gasteiger partial charge in [0.1, 0.15) is 0 Å². The molecule has 206 valence electrons. The highest BCUT2D eigenvalue weighted by atomic mass is 32.2. The van der Waals surface area contributed by atoms with Gasteiger partial charge in [-0.3, -0.25) is 9.59 Å². The molecule has 0 radical (unpaired) electrons. The lowest BCUT2D eigenvalue weighted by Gasteiger charge is -2.41. The molecule has 3 amide bonds. The average molecular weight is 546 g/mol. The predicted octanol–water partition coefficient (Wildman–Crippen LogP) is 4.95. The van der Waals surface area contributed by atoms with Crippen molar-refractivity contribution >= 4 is 35.4 Å². The Bertz CT molecular complexity index is 1020. The Kier molecular flexibility index (Phi) is 9.38. The van der Waals surface area contributed by atoms with E-state index in [2.05, 4.69) is 0 Å². The molecule has 37 heavy (non-hydrogen) atoms. The average Bonchev–Trinajstić information content (AvgIpc) is 2.82. The van der Waals surface area contributed by atoms with Crippen molar-refractivity contribution < 1.29 is 37.4 Å². The number of hydrogen-bond acceptors (Lipinski definition) is 5. The number of benzene rings is 1. The standard InChI is InChI=1S/C25H34F3N3O5S/c1-15(2)31(17-8-7-9-29(14-17)24(34)35)23(33)18-12-20-21(13-19(18)25(26,27)28)37-16(3)22(32)30(20)10-5-6-11-36-4/h12-13,15-17H,5-11,14H2,1-4H3,(H,34,35)/t16?,17-/m1/s1. The number of carboxylic acid groups (broad SMARTS) is 1. The Hall–Kier alpha value is -2.47. The summed E-state index contributed by atoms with van der Waals surface area (Å²) in [5.41, 5.74) is -1.29. The summed E-state index contributed by atoms with van der Waals surface area (Å²) in [4.78, 5) is 42.6. The molecule has 0 aliphatic carbocycles. The molecule has 0 bridgehead atoms. The van der Waals surface area contributed by atoms with Crippen LogP contribution in [-0.2, 0) is 15.7 Å². The van der Waals surface area contributed by atoms with Gasteiger partial charge in [0.15, 0.2) is 0 Å². The third kappa shape index (κ3) is 6.51. The zero-order valence-electron chi connectivity index (χ0n) is 21.5. The van der Waals surface area contributed by atoms with E-state index in [1.807, 2.05) is 0 Å². The first-order chi connectivity index (χ1) is 17.4. The van der Waals surface area contributed by atoms with Crippen LogP contribution in [0.1, 0.15) is 62.4 Å². The topological polar surface area (TPSA) is 90.4 Å². The highest BCUT2D eigenvalue weighted by Crippen LogP contribution is 2.45. The van der Waals surface area contributed by atoms with Gasteiger partial charge in [-0.25, -0.2) is 4.79 Å². The van der Waals surface area contributed by atoms with Gasteiger partial charge in [-0.15, -0.1) is 11.8 Å². The number of thioether (sulfide) groups is 1. The van der Waals surface area contributed by atoms with Gasteiger partial charge in [-0.05, 0) is 58.6 Å². The number of halogens is 3. The van der Waals surface area contributed by atoms with Crippen molar-refractivity contribution in [3.63, 3.8) is 0 Å². The first-order valence-corrected chi connectivity index (χ1v) is 13.3. The molecule has 0 aromatic heterocycles. The lowest BCUT2D eigenvalue weighted by atomic mass is 9.98. The van der Waals surface area contributed by atoms with Crippen molar-refractivity contribution in [2.75, 3.05) is 38.3 Å². The van der Waals surface area contributed by atoms with Crippen LogP contribution in [0, 0.1) is 0 Å². The second kappa shape index (κ2) is 11.9. The summed E-state index contributed by atoms with van der Waals surface area (Å²) in [6.07, 6.45) is -3.67. The summed E-state index contributed by atoms with van der Waals surface area (Å²) >= 11 is 1.05. The van der Waals surface area contributed by atoms with E-state index in [0.717, 1.165) is 17.8 Å². The summed E-state index contributed by atoms with van der Waals surface area (Å²) in [5, 5.41) is 8.86. The Morgan fingerprint density at radius 2 is 1.97 bits per heavy atom. The van der Waals surface area contributed by atoms with Crippen molar-refractivity contribution in [2.24, 2.45) is 0 Å². The van der Waals surface area contributed by atoms with E-state index in [1.165, 1.54) is 20.8 Å². The Morgan fingerprint density at radius 1 is 1.27 bits per heavy atom. The zero-order valence-corrected chi connectivity index (χ0v) is 22.3. The van der Waals surface area contributed by atoms with Crippen molar-refractivity contribution in [1.82, 2.24) is 9.80 Å². The number of likely N-dealkylation sites (tertiary alicyclic amines) is 1. The predicted molar refractivity (Wildman–Crippen MR) is 134 cm³/mol. The molecule has 1 aromatic rings. The van der Waals surface area contributed by atoms with Gasteiger partial charge in [0.25, 0.3) is 5.91 Å². The van der Waals surface area contributed by atoms with Crippen molar-refractivity contribution in [1.29, 1.82) is 0 Å². The molecule has 12 heteroatoms. The number of unbranched alkanes of at least 4 members (excludes halogenated alkanes) is 1. The highest BCUT2D eigenvalue weighted by molar-refractivity contribution is 8.01. The van der Waals surface area contributed by atoms with Gasteiger partial charge in [0.2, 0.25) is 5.91 Å². The number of ether oxygens (including phenoxy) is 1. The quantitative estimate of drug-likeness (QED) is 0.465. The summed E-state index contributed by atoms with van der Waals surface area (Å²) in [6.45, 7) is 6.19. The van der Waals surface area contributed by atoms with Gasteiger partial charge in [0, 0.05) is 44.3 Å². The molecule has 3 rings (SSSR count). The molecule has 1 unspecified atom stereocenters. The molecule has 2 aliphatic rings. The van der Waals surface area contributed by atoms with Crippen LogP contribution < -0.4 is 4.90 Å². The van der Waals surface area contributed by atoms with Crippen molar-refractivity contribution in [2.45, 2.75) is 74.9 Å². The number of rotatable bonds is 8. The number of nitrogens with zero attached hydrogens (tertiary/aromatic N) is 3. The van der Waals surface area contributed by atoms with E-state index in [1.54, 1.807) is 27.9 Å². The van der Waals surface area contributed by atoms with Crippen LogP contribution in [0.25, 0.3) is 0 Å². The number of anilines is 1. The molecule has 2 aliphatic heterocycles. The zero-order chi connectivity index (χ0) is 27.5. The SMILES string of the molecule is COCCCCN1C(=O)C(C)Sc2cc(C(F)(F)F)c(C(=O)N(C(C)C)[C@@H]3CCCN(C(=O)O)C3)cc21. The maximum absolute atomic E-state index is 14.3. The number of fused-ring (bicyclic) bond motifs is 1. The number of alkyl halides is 3. The summed E-state index contributed by atoms with van der Waals surface area (Å²) in [5.74, 6) is -1.05. The first-order valence-electron chi connectivity index (χ1n) is 12.4. The monoisotopic (exact) mass is 545 g/mol. The molecule has 8 nitrogen and oxygen atoms in total. The minimum absolute atomic E-state index is 0.0308. The molecular weight excluding hydrogens is 511 g/mol. The molecule has 2 heterocycles. The second-order valence-corrected chi connectivity index (χ2v) is 11.0. The second-order valence-electron chi connectivity index (χ2n) is 9.64. The molecule has 2 atom stereocenters. The van der Waals surface area contributed by atoms with E-state index in [4.69, 9.17) is 4.74 Å². The fourth-order valence-corrected chi connectivity index (χ4v) is 6.01. The van der Waals surface area contributed by atoms with Crippen LogP contribution in [-0.4, -0.2) is 83.5 Å². The number of methoxy groups -OCH3 is 1. The van der Waals surface area contributed by atoms with E-state index < -0.39 is 46.6 Å². The molecule has 1 aromatic carbocycles. The number of amides is 3. The van der Waals surface area contributed by atoms with Crippen molar-refractivity contribution in [3.05, 3.63) is 23.3 Å². The highest BCUT2D eigenvalue weighted by Gasteiger charge is 2.42. The fraction of sp³-hybridized carbons (Fsp3) is 0.640. The molecule has 1 fully saturated rings. The van der Waals surface area contributed by atoms with Crippen LogP contribution in [0.3, 0.4) is 0 Å². The van der Waals surface area contributed by atoms with Crippen LogP contribution in [0.15, 0.2) is 17.0 Å². The Morgan fingerprint density at radius 3 is 2.57 bits per heavy atom. The van der Waals surface area contributed by atoms with Gasteiger partial charge >= 0.3 is 12.3 Å². The van der Waals surface area contributed by atoms with E-state index in [-0.39, 0.29) is 12.5 Å². The molecule has 0 spiro atoms. The maximum atomic E-state index is 14.3. The largest absolute Gasteiger partial charge is 0.465 e. The summed E-state index contributed by atoms with van der Waals surface area (Å²) in [6, 6.07) is 1.14. The third-order valence-electron chi connectivity index (χ3n) is 6.67. The van der Waals surface area contributed by atoms with Crippen LogP contribution in [0.2, 0.25) is 0 Å². The fourth-order valence-electron chi connectivity index (χ4n) is 4.93. The van der Waals surface area contributed by atoms with Gasteiger partial charge in [0.05, 0.1) is 28.1 Å². The molecule has 0 saturated carbocycles. The first kappa shape index (κ1) is 29.1. The lowest BCUT2D eigenvalue weighted by molar-refractivity contribution is -0.138. The van der Waals surface area contributed by atoms with E-state index in [9.17, 15) is 32.7 Å². The number of carbonyl (C=O) groups is 3. The maximum Gasteiger partial charge on any atom is 0.417 e. The van der Waals surface area contributed by atoms with Crippen LogP contribution >= 0.6 is 11.8 Å². The number of piperidine rings is 1. The minimum Gasteiger partial charge on any atom is -0.465 e. The molecule has 1 saturated heterocycles. The van der Waals surface area contributed by atoms with Gasteiger partial charge in [-0.2, -0.15) is 13.2 Å². The Balaban J connectivity index is 2.06. The summed E-state index contributed by atoms with van der Waals surface area (Å²) in [7, 11) is 1.57. The molecular formula is C25H34F3N3O5S. The smallest absolute Gasteiger partial charge is 0.417 e. The molecule has 1 N–H and O–H groups in total. The number of hydrogen-bond donors (Lipinski definition) is 1. The van der Waals surface area contributed by atoms with Crippen LogP contribution in [0.5, 0.6) is 0 Å². The van der Waals surface area contributed by atoms with Gasteiger partial charge < -0.3 is 24.5 Å². The van der Waals surface area contributed by atoms with Crippen molar-refractivity contribution in [3.8, 4) is 0 Å². The third-order valence-corrected chi connectivity index (χ3v) is 7.81. The normalized spacial score (nSPS) is 20.3. The minimum atomic E-state index is -4.79. The van der Waals surface area contributed by atoms with Crippen LogP contribution in [0.4, 0.5) is 23.7 Å². The summed E-state index contributed by atoms with van der Waals surface area (Å²) < 4.78 is 47.8. The Labute approximate surface area is 219 Å². The lowest BCUT2D eigenvalue weighted by Crippen LogP contribution is -2.54. The van der Waals surface area contributed by atoms with E-state index in [0.29, 0.717) is 56.0 Å².